The van der Waals surface area contributed by atoms with Crippen LogP contribution in [0.25, 0.3) is 11.4 Å². The minimum Gasteiger partial charge on any atom is -0.372 e. The van der Waals surface area contributed by atoms with E-state index in [2.05, 4.69) is 92.3 Å². The highest BCUT2D eigenvalue weighted by Gasteiger charge is 2.04. The number of pyridine rings is 4. The molecule has 50 heavy (non-hydrogen) atoms. The van der Waals surface area contributed by atoms with Crippen LogP contribution in [0.5, 0.6) is 0 Å². The molecule has 0 radical (unpaired) electrons. The minimum atomic E-state index is 0.455. The van der Waals surface area contributed by atoms with Crippen molar-refractivity contribution in [3.05, 3.63) is 178 Å². The summed E-state index contributed by atoms with van der Waals surface area (Å²) in [7, 11) is 0. The van der Waals surface area contributed by atoms with Crippen molar-refractivity contribution >= 4 is 12.4 Å². The number of rotatable bonds is 15. The van der Waals surface area contributed by atoms with Gasteiger partial charge in [0.25, 0.3) is 0 Å². The van der Waals surface area contributed by atoms with Gasteiger partial charge in [0.2, 0.25) is 0 Å². The second kappa shape index (κ2) is 17.6. The second-order valence-corrected chi connectivity index (χ2v) is 12.2. The summed E-state index contributed by atoms with van der Waals surface area (Å²) in [4.78, 5) is 27.2. The van der Waals surface area contributed by atoms with Crippen LogP contribution < -0.4 is 0 Å². The minimum absolute atomic E-state index is 0.455. The van der Waals surface area contributed by atoms with Gasteiger partial charge in [0.1, 0.15) is 0 Å². The molecule has 0 saturated heterocycles. The monoisotopic (exact) mass is 660 g/mol. The summed E-state index contributed by atoms with van der Waals surface area (Å²) in [6.45, 7) is 7.28. The lowest BCUT2D eigenvalue weighted by Gasteiger charge is -2.07. The van der Waals surface area contributed by atoms with Gasteiger partial charge >= 0.3 is 0 Å². The van der Waals surface area contributed by atoms with E-state index in [9.17, 15) is 0 Å². The van der Waals surface area contributed by atoms with Crippen molar-refractivity contribution in [1.82, 2.24) is 19.9 Å². The second-order valence-electron chi connectivity index (χ2n) is 12.2. The maximum atomic E-state index is 5.91. The standard InChI is InChI=1S/C42H40N6O2/c1-31-3-7-33(8-4-31)19-43-25-39-15-11-35(21-45-39)27-49-29-37-13-17-41(47-23-37)42-18-14-38(24-48-42)30-50-28-36-12-16-40(46-22-36)26-44-20-34-9-5-32(2)6-10-34/h3-18,21-26H,19-20,27-30H2,1-2H3. The van der Waals surface area contributed by atoms with Crippen molar-refractivity contribution < 1.29 is 9.47 Å². The predicted octanol–water partition coefficient (Wildman–Crippen LogP) is 8.22. The summed E-state index contributed by atoms with van der Waals surface area (Å²) < 4.78 is 11.8. The Balaban J connectivity index is 0.889. The van der Waals surface area contributed by atoms with Crippen molar-refractivity contribution in [2.45, 2.75) is 53.4 Å². The summed E-state index contributed by atoms with van der Waals surface area (Å²) >= 11 is 0. The lowest BCUT2D eigenvalue weighted by molar-refractivity contribution is 0.106. The highest BCUT2D eigenvalue weighted by Crippen LogP contribution is 2.17. The van der Waals surface area contributed by atoms with Crippen LogP contribution in [0.4, 0.5) is 0 Å². The van der Waals surface area contributed by atoms with Gasteiger partial charge in [-0.25, -0.2) is 0 Å². The number of hydrogen-bond donors (Lipinski definition) is 0. The topological polar surface area (TPSA) is 94.7 Å². The Hall–Kier alpha value is -5.70. The van der Waals surface area contributed by atoms with Crippen molar-refractivity contribution in [2.75, 3.05) is 0 Å². The van der Waals surface area contributed by atoms with Crippen LogP contribution in [0.3, 0.4) is 0 Å². The molecule has 4 heterocycles. The molecule has 0 aliphatic rings. The van der Waals surface area contributed by atoms with E-state index in [4.69, 9.17) is 9.47 Å². The first-order chi connectivity index (χ1) is 24.6. The van der Waals surface area contributed by atoms with Gasteiger partial charge in [-0.3, -0.25) is 29.9 Å². The molecule has 2 aromatic carbocycles. The largest absolute Gasteiger partial charge is 0.372 e. The van der Waals surface area contributed by atoms with Crippen LogP contribution in [-0.2, 0) is 49.0 Å². The fourth-order valence-corrected chi connectivity index (χ4v) is 4.97. The zero-order valence-corrected chi connectivity index (χ0v) is 28.4. The zero-order valence-electron chi connectivity index (χ0n) is 28.4. The summed E-state index contributed by atoms with van der Waals surface area (Å²) in [5, 5.41) is 0. The first-order valence-corrected chi connectivity index (χ1v) is 16.6. The summed E-state index contributed by atoms with van der Waals surface area (Å²) in [5.74, 6) is 0. The maximum Gasteiger partial charge on any atom is 0.0886 e. The number of aliphatic imine (C=N–C) groups is 2. The van der Waals surface area contributed by atoms with Crippen molar-refractivity contribution in [3.63, 3.8) is 0 Å². The van der Waals surface area contributed by atoms with Crippen LogP contribution >= 0.6 is 0 Å². The van der Waals surface area contributed by atoms with E-state index < -0.39 is 0 Å². The van der Waals surface area contributed by atoms with Crippen molar-refractivity contribution in [1.29, 1.82) is 0 Å². The summed E-state index contributed by atoms with van der Waals surface area (Å²) in [5.41, 5.74) is 12.1. The molecule has 0 atom stereocenters. The van der Waals surface area contributed by atoms with Gasteiger partial charge < -0.3 is 9.47 Å². The Morgan fingerprint density at radius 1 is 0.420 bits per heavy atom. The lowest BCUT2D eigenvalue weighted by Crippen LogP contribution is -1.98. The zero-order chi connectivity index (χ0) is 34.4. The van der Waals surface area contributed by atoms with Crippen LogP contribution in [0.1, 0.15) is 55.9 Å². The van der Waals surface area contributed by atoms with E-state index in [-0.39, 0.29) is 0 Å². The van der Waals surface area contributed by atoms with E-state index in [0.717, 1.165) is 45.0 Å². The predicted molar refractivity (Wildman–Crippen MR) is 198 cm³/mol. The van der Waals surface area contributed by atoms with Crippen molar-refractivity contribution in [2.24, 2.45) is 9.98 Å². The quantitative estimate of drug-likeness (QED) is 0.103. The molecule has 0 bridgehead atoms. The Kier molecular flexibility index (Phi) is 12.0. The number of hydrogen-bond acceptors (Lipinski definition) is 8. The number of ether oxygens (including phenoxy) is 2. The number of benzene rings is 2. The van der Waals surface area contributed by atoms with Gasteiger partial charge in [-0.05, 0) is 71.5 Å². The third-order valence-corrected chi connectivity index (χ3v) is 7.92. The molecular formula is C42H40N6O2. The Morgan fingerprint density at radius 2 is 0.760 bits per heavy atom. The average Bonchev–Trinajstić information content (AvgIpc) is 3.15. The third-order valence-electron chi connectivity index (χ3n) is 7.92. The molecule has 0 N–H and O–H groups in total. The Morgan fingerprint density at radius 3 is 1.08 bits per heavy atom. The van der Waals surface area contributed by atoms with Gasteiger partial charge in [0.15, 0.2) is 0 Å². The molecule has 250 valence electrons. The van der Waals surface area contributed by atoms with Crippen LogP contribution in [0, 0.1) is 13.8 Å². The molecular weight excluding hydrogens is 621 g/mol. The molecule has 0 spiro atoms. The maximum absolute atomic E-state index is 5.91. The van der Waals surface area contributed by atoms with E-state index in [1.807, 2.05) is 73.3 Å². The first-order valence-electron chi connectivity index (χ1n) is 16.6. The molecule has 4 aromatic heterocycles. The Bertz CT molecular complexity index is 1820. The number of aromatic nitrogens is 4. The van der Waals surface area contributed by atoms with Crippen LogP contribution in [0.2, 0.25) is 0 Å². The highest BCUT2D eigenvalue weighted by atomic mass is 16.5. The molecule has 8 nitrogen and oxygen atoms in total. The molecule has 0 aliphatic carbocycles. The fourth-order valence-electron chi connectivity index (χ4n) is 4.97. The molecule has 6 rings (SSSR count). The van der Waals surface area contributed by atoms with Gasteiger partial charge in [-0.2, -0.15) is 0 Å². The normalized spacial score (nSPS) is 11.5. The van der Waals surface area contributed by atoms with Gasteiger partial charge in [0, 0.05) is 37.2 Å². The van der Waals surface area contributed by atoms with Crippen LogP contribution in [0.15, 0.2) is 132 Å². The number of aryl methyl sites for hydroxylation is 2. The Labute approximate surface area is 293 Å². The smallest absolute Gasteiger partial charge is 0.0886 e. The van der Waals surface area contributed by atoms with E-state index >= 15 is 0 Å². The molecule has 0 fully saturated rings. The average molecular weight is 661 g/mol. The fraction of sp³-hybridized carbons (Fsp3) is 0.190. The number of nitrogens with zero attached hydrogens (tertiary/aromatic N) is 6. The molecule has 0 aliphatic heterocycles. The van der Waals surface area contributed by atoms with Crippen LogP contribution in [-0.4, -0.2) is 32.4 Å². The molecule has 0 unspecified atom stereocenters. The molecule has 0 saturated carbocycles. The SMILES string of the molecule is Cc1ccc(CN=Cc2ccc(COCc3ccc(-c4ccc(COCc5ccc(C=NCc6ccc(C)cc6)nc5)cn4)nc3)cn2)cc1. The molecule has 6 aromatic rings. The van der Waals surface area contributed by atoms with E-state index in [0.29, 0.717) is 39.5 Å². The third kappa shape index (κ3) is 10.7. The summed E-state index contributed by atoms with van der Waals surface area (Å²) in [6, 6.07) is 32.7. The molecule has 8 heteroatoms. The van der Waals surface area contributed by atoms with E-state index in [1.165, 1.54) is 22.3 Å². The van der Waals surface area contributed by atoms with Gasteiger partial charge in [-0.15, -0.1) is 0 Å². The summed E-state index contributed by atoms with van der Waals surface area (Å²) in [6.07, 6.45) is 10.9. The lowest BCUT2D eigenvalue weighted by atomic mass is 10.1. The van der Waals surface area contributed by atoms with Gasteiger partial charge in [-0.1, -0.05) is 83.9 Å². The highest BCUT2D eigenvalue weighted by molar-refractivity contribution is 5.77. The van der Waals surface area contributed by atoms with Crippen molar-refractivity contribution in [3.8, 4) is 11.4 Å². The van der Waals surface area contributed by atoms with Gasteiger partial charge in [0.05, 0.1) is 62.3 Å². The molecule has 0 amide bonds. The van der Waals surface area contributed by atoms with E-state index in [1.54, 1.807) is 12.4 Å². The first kappa shape index (κ1) is 34.2.